The Morgan fingerprint density at radius 3 is 2.67 bits per heavy atom. The van der Waals surface area contributed by atoms with Gasteiger partial charge >= 0.3 is 0 Å². The van der Waals surface area contributed by atoms with Crippen molar-refractivity contribution in [1.29, 1.82) is 0 Å². The fourth-order valence-corrected chi connectivity index (χ4v) is 3.96. The number of hydrogen-bond donors (Lipinski definition) is 1. The minimum Gasteiger partial charge on any atom is -0.355 e. The van der Waals surface area contributed by atoms with E-state index in [1.807, 2.05) is 47.4 Å². The number of nitrogens with one attached hydrogen (secondary N) is 1. The first-order valence-electron chi connectivity index (χ1n) is 9.35. The average Bonchev–Trinajstić information content (AvgIpc) is 2.74. The number of amides is 1. The summed E-state index contributed by atoms with van der Waals surface area (Å²) in [6.45, 7) is 1.65. The molecule has 1 amide bonds. The van der Waals surface area contributed by atoms with Gasteiger partial charge in [-0.05, 0) is 55.9 Å². The molecule has 138 valence electrons. The molecule has 4 rings (SSSR count). The highest BCUT2D eigenvalue weighted by Gasteiger charge is 2.20. The molecule has 0 radical (unpaired) electrons. The Balaban J connectivity index is 1.73. The van der Waals surface area contributed by atoms with Crippen LogP contribution in [0.15, 0.2) is 59.5 Å². The monoisotopic (exact) mass is 377 g/mol. The Hall–Kier alpha value is -2.53. The normalized spacial score (nSPS) is 14.3. The molecule has 1 fully saturated rings. The summed E-state index contributed by atoms with van der Waals surface area (Å²) in [6.07, 6.45) is 5.42. The van der Waals surface area contributed by atoms with Crippen LogP contribution < -0.4 is 5.32 Å². The molecular weight excluding hydrogens is 354 g/mol. The molecule has 0 aliphatic carbocycles. The lowest BCUT2D eigenvalue weighted by Gasteiger charge is -2.26. The Morgan fingerprint density at radius 1 is 1.04 bits per heavy atom. The second kappa shape index (κ2) is 8.01. The van der Waals surface area contributed by atoms with Crippen molar-refractivity contribution in [2.75, 3.05) is 24.7 Å². The number of anilines is 2. The van der Waals surface area contributed by atoms with Gasteiger partial charge in [0.2, 0.25) is 0 Å². The van der Waals surface area contributed by atoms with E-state index in [-0.39, 0.29) is 5.91 Å². The molecule has 0 unspecified atom stereocenters. The Kier molecular flexibility index (Phi) is 5.30. The number of piperidine rings is 1. The largest absolute Gasteiger partial charge is 0.355 e. The molecular formula is C22H23N3OS. The zero-order valence-electron chi connectivity index (χ0n) is 15.4. The van der Waals surface area contributed by atoms with Crippen molar-refractivity contribution in [2.45, 2.75) is 24.2 Å². The van der Waals surface area contributed by atoms with Crippen LogP contribution >= 0.6 is 11.8 Å². The molecule has 2 aromatic carbocycles. The summed E-state index contributed by atoms with van der Waals surface area (Å²) < 4.78 is 0. The van der Waals surface area contributed by atoms with Gasteiger partial charge in [0.05, 0.1) is 11.2 Å². The molecule has 1 aromatic heterocycles. The van der Waals surface area contributed by atoms with Crippen LogP contribution in [0.1, 0.15) is 29.8 Å². The van der Waals surface area contributed by atoms with Crippen LogP contribution in [0.4, 0.5) is 11.4 Å². The maximum absolute atomic E-state index is 13.0. The Bertz CT molecular complexity index is 967. The number of thioether (sulfide) groups is 1. The Morgan fingerprint density at radius 2 is 1.85 bits per heavy atom. The predicted molar refractivity (Wildman–Crippen MR) is 113 cm³/mol. The van der Waals surface area contributed by atoms with Crippen LogP contribution in [-0.2, 0) is 0 Å². The lowest BCUT2D eigenvalue weighted by Crippen LogP contribution is -2.36. The van der Waals surface area contributed by atoms with Crippen molar-refractivity contribution in [2.24, 2.45) is 0 Å². The van der Waals surface area contributed by atoms with Crippen molar-refractivity contribution in [3.05, 3.63) is 60.3 Å². The van der Waals surface area contributed by atoms with Gasteiger partial charge in [-0.3, -0.25) is 4.79 Å². The summed E-state index contributed by atoms with van der Waals surface area (Å²) >= 11 is 1.71. The summed E-state index contributed by atoms with van der Waals surface area (Å²) in [5.74, 6) is 0.0290. The van der Waals surface area contributed by atoms with Gasteiger partial charge in [0.15, 0.2) is 0 Å². The summed E-state index contributed by atoms with van der Waals surface area (Å²) in [5, 5.41) is 4.51. The van der Waals surface area contributed by atoms with Gasteiger partial charge in [0.1, 0.15) is 5.69 Å². The third kappa shape index (κ3) is 3.93. The van der Waals surface area contributed by atoms with E-state index in [1.165, 1.54) is 11.3 Å². The predicted octanol–water partition coefficient (Wildman–Crippen LogP) is 5.33. The number of fused-ring (bicyclic) bond motifs is 1. The molecule has 1 aliphatic heterocycles. The molecule has 4 nitrogen and oxygen atoms in total. The van der Waals surface area contributed by atoms with Crippen LogP contribution in [0.2, 0.25) is 0 Å². The van der Waals surface area contributed by atoms with Crippen LogP contribution in [0.3, 0.4) is 0 Å². The molecule has 0 atom stereocenters. The van der Waals surface area contributed by atoms with Crippen molar-refractivity contribution in [3.8, 4) is 0 Å². The second-order valence-corrected chi connectivity index (χ2v) is 7.66. The molecule has 5 heteroatoms. The highest BCUT2D eigenvalue weighted by Crippen LogP contribution is 2.29. The van der Waals surface area contributed by atoms with Gasteiger partial charge in [-0.15, -0.1) is 11.8 Å². The van der Waals surface area contributed by atoms with Crippen LogP contribution in [0.5, 0.6) is 0 Å². The van der Waals surface area contributed by atoms with E-state index in [0.29, 0.717) is 5.69 Å². The minimum absolute atomic E-state index is 0.0290. The number of aromatic nitrogens is 1. The molecule has 3 aromatic rings. The molecule has 27 heavy (non-hydrogen) atoms. The van der Waals surface area contributed by atoms with E-state index >= 15 is 0 Å². The fourth-order valence-electron chi connectivity index (χ4n) is 3.50. The first kappa shape index (κ1) is 17.9. The quantitative estimate of drug-likeness (QED) is 0.625. The number of pyridine rings is 1. The maximum atomic E-state index is 13.0. The zero-order chi connectivity index (χ0) is 18.6. The first-order valence-corrected chi connectivity index (χ1v) is 10.6. The van der Waals surface area contributed by atoms with Gasteiger partial charge in [-0.2, -0.15) is 0 Å². The van der Waals surface area contributed by atoms with Gasteiger partial charge in [0, 0.05) is 29.1 Å². The topological polar surface area (TPSA) is 45.2 Å². The van der Waals surface area contributed by atoms with E-state index in [2.05, 4.69) is 28.7 Å². The third-order valence-corrected chi connectivity index (χ3v) is 5.65. The number of rotatable bonds is 4. The SMILES string of the molecule is CSc1cccc(Nc2cc(C(=O)N3CCCCC3)nc3ccccc23)c1. The van der Waals surface area contributed by atoms with Crippen molar-refractivity contribution < 1.29 is 4.79 Å². The molecule has 0 spiro atoms. The molecule has 0 bridgehead atoms. The van der Waals surface area contributed by atoms with E-state index in [1.54, 1.807) is 11.8 Å². The summed E-state index contributed by atoms with van der Waals surface area (Å²) in [6, 6.07) is 18.1. The van der Waals surface area contributed by atoms with Crippen LogP contribution in [0, 0.1) is 0 Å². The third-order valence-electron chi connectivity index (χ3n) is 4.93. The molecule has 1 N–H and O–H groups in total. The average molecular weight is 378 g/mol. The smallest absolute Gasteiger partial charge is 0.272 e. The van der Waals surface area contributed by atoms with Gasteiger partial charge in [-0.1, -0.05) is 24.3 Å². The van der Waals surface area contributed by atoms with Crippen molar-refractivity contribution in [1.82, 2.24) is 9.88 Å². The highest BCUT2D eigenvalue weighted by atomic mass is 32.2. The number of carbonyl (C=O) groups is 1. The number of carbonyl (C=O) groups excluding carboxylic acids is 1. The number of nitrogens with zero attached hydrogens (tertiary/aromatic N) is 2. The molecule has 0 saturated carbocycles. The second-order valence-electron chi connectivity index (χ2n) is 6.78. The molecule has 1 saturated heterocycles. The summed E-state index contributed by atoms with van der Waals surface area (Å²) in [4.78, 5) is 20.8. The van der Waals surface area contributed by atoms with Crippen LogP contribution in [-0.4, -0.2) is 35.1 Å². The lowest BCUT2D eigenvalue weighted by molar-refractivity contribution is 0.0719. The van der Waals surface area contributed by atoms with E-state index in [0.717, 1.165) is 48.2 Å². The molecule has 2 heterocycles. The number of para-hydroxylation sites is 1. The fraction of sp³-hybridized carbons (Fsp3) is 0.273. The molecule has 1 aliphatic rings. The van der Waals surface area contributed by atoms with Gasteiger partial charge in [-0.25, -0.2) is 4.98 Å². The number of likely N-dealkylation sites (tertiary alicyclic amines) is 1. The van der Waals surface area contributed by atoms with Crippen molar-refractivity contribution in [3.63, 3.8) is 0 Å². The van der Waals surface area contributed by atoms with Crippen LogP contribution in [0.25, 0.3) is 10.9 Å². The van der Waals surface area contributed by atoms with E-state index in [4.69, 9.17) is 0 Å². The van der Waals surface area contributed by atoms with E-state index < -0.39 is 0 Å². The van der Waals surface area contributed by atoms with Crippen molar-refractivity contribution >= 4 is 39.9 Å². The van der Waals surface area contributed by atoms with Gasteiger partial charge < -0.3 is 10.2 Å². The highest BCUT2D eigenvalue weighted by molar-refractivity contribution is 7.98. The lowest BCUT2D eigenvalue weighted by atomic mass is 10.1. The summed E-state index contributed by atoms with van der Waals surface area (Å²) in [7, 11) is 0. The minimum atomic E-state index is 0.0290. The summed E-state index contributed by atoms with van der Waals surface area (Å²) in [5.41, 5.74) is 3.27. The standard InChI is InChI=1S/C22H23N3OS/c1-27-17-9-7-8-16(14-17)23-20-15-21(22(26)25-12-5-2-6-13-25)24-19-11-4-3-10-18(19)20/h3-4,7-11,14-15H,2,5-6,12-13H2,1H3,(H,23,24). The number of benzene rings is 2. The van der Waals surface area contributed by atoms with Gasteiger partial charge in [0.25, 0.3) is 5.91 Å². The maximum Gasteiger partial charge on any atom is 0.272 e. The number of hydrogen-bond acceptors (Lipinski definition) is 4. The Labute approximate surface area is 164 Å². The van der Waals surface area contributed by atoms with E-state index in [9.17, 15) is 4.79 Å². The first-order chi connectivity index (χ1) is 13.2. The zero-order valence-corrected chi connectivity index (χ0v) is 16.3.